The number of nitrogens with one attached hydrogen (secondary N) is 1. The molecule has 0 spiro atoms. The predicted octanol–water partition coefficient (Wildman–Crippen LogP) is 4.27. The molecular formula is C24H24FN5O2S. The van der Waals surface area contributed by atoms with Crippen LogP contribution in [0.15, 0.2) is 78.0 Å². The van der Waals surface area contributed by atoms with Gasteiger partial charge in [-0.2, -0.15) is 4.68 Å². The first kappa shape index (κ1) is 22.8. The highest BCUT2D eigenvalue weighted by Crippen LogP contribution is 2.29. The summed E-state index contributed by atoms with van der Waals surface area (Å²) in [5.41, 5.74) is 2.49. The molecule has 170 valence electrons. The van der Waals surface area contributed by atoms with Gasteiger partial charge < -0.3 is 14.8 Å². The average molecular weight is 466 g/mol. The molecule has 0 aliphatic rings. The summed E-state index contributed by atoms with van der Waals surface area (Å²) >= 11 is 1.59. The van der Waals surface area contributed by atoms with Crippen LogP contribution < -0.4 is 14.8 Å². The van der Waals surface area contributed by atoms with E-state index in [1.165, 1.54) is 6.07 Å². The maximum absolute atomic E-state index is 13.8. The van der Waals surface area contributed by atoms with Crippen molar-refractivity contribution in [2.24, 2.45) is 0 Å². The second kappa shape index (κ2) is 11.4. The smallest absolute Gasteiger partial charge is 0.214 e. The standard InChI is InChI=1S/C24H24FN5O2S/c1-31-23-15-18(11-12-22(23)32-17-19-7-5-6-10-21(19)25)16-26-13-14-33-24-27-28-29-30(24)20-8-3-2-4-9-20/h2-12,15,26H,13-14,16-17H2,1H3. The van der Waals surface area contributed by atoms with E-state index < -0.39 is 0 Å². The van der Waals surface area contributed by atoms with E-state index in [1.807, 2.05) is 48.5 Å². The van der Waals surface area contributed by atoms with Gasteiger partial charge in [-0.3, -0.25) is 0 Å². The number of ether oxygens (including phenoxy) is 2. The number of halogens is 1. The number of para-hydroxylation sites is 1. The molecule has 0 bridgehead atoms. The quantitative estimate of drug-likeness (QED) is 0.262. The second-order valence-corrected chi connectivity index (χ2v) is 8.16. The van der Waals surface area contributed by atoms with Crippen molar-refractivity contribution in [3.8, 4) is 17.2 Å². The summed E-state index contributed by atoms with van der Waals surface area (Å²) < 4.78 is 26.8. The molecule has 0 aliphatic heterocycles. The summed E-state index contributed by atoms with van der Waals surface area (Å²) in [7, 11) is 1.59. The topological polar surface area (TPSA) is 74.1 Å². The predicted molar refractivity (Wildman–Crippen MR) is 125 cm³/mol. The summed E-state index contributed by atoms with van der Waals surface area (Å²) in [6, 6.07) is 22.1. The second-order valence-electron chi connectivity index (χ2n) is 7.10. The van der Waals surface area contributed by atoms with Crippen molar-refractivity contribution >= 4 is 11.8 Å². The molecule has 3 aromatic carbocycles. The van der Waals surface area contributed by atoms with Crippen LogP contribution in [0.4, 0.5) is 4.39 Å². The van der Waals surface area contributed by atoms with E-state index in [0.717, 1.165) is 28.7 Å². The van der Waals surface area contributed by atoms with Crippen LogP contribution in [0.3, 0.4) is 0 Å². The van der Waals surface area contributed by atoms with Crippen LogP contribution in [0.1, 0.15) is 11.1 Å². The van der Waals surface area contributed by atoms with E-state index in [9.17, 15) is 4.39 Å². The van der Waals surface area contributed by atoms with Crippen LogP contribution in [0.2, 0.25) is 0 Å². The normalized spacial score (nSPS) is 10.8. The number of aromatic nitrogens is 4. The molecule has 0 fully saturated rings. The van der Waals surface area contributed by atoms with Crippen molar-refractivity contribution in [1.29, 1.82) is 0 Å². The Balaban J connectivity index is 1.25. The van der Waals surface area contributed by atoms with Crippen LogP contribution in [0.25, 0.3) is 5.69 Å². The van der Waals surface area contributed by atoms with Gasteiger partial charge in [-0.1, -0.05) is 54.2 Å². The molecular weight excluding hydrogens is 441 g/mol. The van der Waals surface area contributed by atoms with Gasteiger partial charge in [-0.15, -0.1) is 5.10 Å². The molecule has 4 rings (SSSR count). The molecule has 0 saturated heterocycles. The highest BCUT2D eigenvalue weighted by molar-refractivity contribution is 7.99. The number of rotatable bonds is 11. The lowest BCUT2D eigenvalue weighted by atomic mass is 10.2. The lowest BCUT2D eigenvalue weighted by molar-refractivity contribution is 0.279. The van der Waals surface area contributed by atoms with Crippen molar-refractivity contribution < 1.29 is 13.9 Å². The third-order valence-electron chi connectivity index (χ3n) is 4.85. The largest absolute Gasteiger partial charge is 0.493 e. The van der Waals surface area contributed by atoms with Crippen molar-refractivity contribution in [2.75, 3.05) is 19.4 Å². The SMILES string of the molecule is COc1cc(CNCCSc2nnnn2-c2ccccc2)ccc1OCc1ccccc1F. The van der Waals surface area contributed by atoms with E-state index in [4.69, 9.17) is 9.47 Å². The first-order valence-electron chi connectivity index (χ1n) is 10.4. The van der Waals surface area contributed by atoms with E-state index in [2.05, 4.69) is 20.8 Å². The van der Waals surface area contributed by atoms with Crippen molar-refractivity contribution in [1.82, 2.24) is 25.5 Å². The van der Waals surface area contributed by atoms with Gasteiger partial charge in [0.25, 0.3) is 0 Å². The van der Waals surface area contributed by atoms with Crippen molar-refractivity contribution in [3.63, 3.8) is 0 Å². The summed E-state index contributed by atoms with van der Waals surface area (Å²) in [4.78, 5) is 0. The van der Waals surface area contributed by atoms with Gasteiger partial charge in [0.2, 0.25) is 5.16 Å². The van der Waals surface area contributed by atoms with Gasteiger partial charge in [-0.25, -0.2) is 4.39 Å². The molecule has 7 nitrogen and oxygen atoms in total. The summed E-state index contributed by atoms with van der Waals surface area (Å²) in [5, 5.41) is 16.1. The Bertz CT molecular complexity index is 1170. The number of tetrazole rings is 1. The van der Waals surface area contributed by atoms with Gasteiger partial charge in [0.15, 0.2) is 11.5 Å². The first-order chi connectivity index (χ1) is 16.2. The Morgan fingerprint density at radius 3 is 2.64 bits per heavy atom. The number of nitrogens with zero attached hydrogens (tertiary/aromatic N) is 4. The van der Waals surface area contributed by atoms with E-state index in [1.54, 1.807) is 41.8 Å². The van der Waals surface area contributed by atoms with Gasteiger partial charge in [0.1, 0.15) is 12.4 Å². The van der Waals surface area contributed by atoms with Crippen LogP contribution in [0, 0.1) is 5.82 Å². The van der Waals surface area contributed by atoms with Crippen molar-refractivity contribution in [2.45, 2.75) is 18.3 Å². The molecule has 0 aliphatic carbocycles. The number of benzene rings is 3. The molecule has 1 N–H and O–H groups in total. The van der Waals surface area contributed by atoms with Gasteiger partial charge in [0, 0.05) is 24.4 Å². The minimum absolute atomic E-state index is 0.139. The fourth-order valence-electron chi connectivity index (χ4n) is 3.16. The average Bonchev–Trinajstić information content (AvgIpc) is 3.33. The molecule has 33 heavy (non-hydrogen) atoms. The zero-order valence-corrected chi connectivity index (χ0v) is 19.0. The number of thioether (sulfide) groups is 1. The molecule has 4 aromatic rings. The molecule has 0 radical (unpaired) electrons. The van der Waals surface area contributed by atoms with E-state index >= 15 is 0 Å². The highest BCUT2D eigenvalue weighted by Gasteiger charge is 2.10. The van der Waals surface area contributed by atoms with Gasteiger partial charge in [0.05, 0.1) is 12.8 Å². The fourth-order valence-corrected chi connectivity index (χ4v) is 3.95. The van der Waals surface area contributed by atoms with Crippen LogP contribution in [-0.4, -0.2) is 39.6 Å². The summed E-state index contributed by atoms with van der Waals surface area (Å²) in [6.07, 6.45) is 0. The molecule has 0 saturated carbocycles. The Hall–Kier alpha value is -3.43. The third-order valence-corrected chi connectivity index (χ3v) is 5.77. The number of hydrogen-bond donors (Lipinski definition) is 1. The molecule has 0 atom stereocenters. The zero-order chi connectivity index (χ0) is 22.9. The number of methoxy groups -OCH3 is 1. The molecule has 0 unspecified atom stereocenters. The maximum Gasteiger partial charge on any atom is 0.214 e. The van der Waals surface area contributed by atoms with E-state index in [-0.39, 0.29) is 12.4 Å². The van der Waals surface area contributed by atoms with Gasteiger partial charge >= 0.3 is 0 Å². The summed E-state index contributed by atoms with van der Waals surface area (Å²) in [6.45, 7) is 1.59. The minimum atomic E-state index is -0.284. The van der Waals surface area contributed by atoms with Crippen LogP contribution >= 0.6 is 11.8 Å². The molecule has 9 heteroatoms. The molecule has 1 aromatic heterocycles. The monoisotopic (exact) mass is 465 g/mol. The highest BCUT2D eigenvalue weighted by atomic mass is 32.2. The van der Waals surface area contributed by atoms with Crippen molar-refractivity contribution in [3.05, 3.63) is 89.7 Å². The summed E-state index contributed by atoms with van der Waals surface area (Å²) in [5.74, 6) is 1.72. The Labute approximate surface area is 195 Å². The van der Waals surface area contributed by atoms with Crippen LogP contribution in [0.5, 0.6) is 11.5 Å². The lowest BCUT2D eigenvalue weighted by Crippen LogP contribution is -2.17. The van der Waals surface area contributed by atoms with Gasteiger partial charge in [-0.05, 0) is 46.3 Å². The Morgan fingerprint density at radius 2 is 1.82 bits per heavy atom. The fraction of sp³-hybridized carbons (Fsp3) is 0.208. The first-order valence-corrected chi connectivity index (χ1v) is 11.4. The Kier molecular flexibility index (Phi) is 7.89. The maximum atomic E-state index is 13.8. The minimum Gasteiger partial charge on any atom is -0.493 e. The molecule has 1 heterocycles. The molecule has 0 amide bonds. The number of hydrogen-bond acceptors (Lipinski definition) is 7. The third kappa shape index (κ3) is 6.09. The van der Waals surface area contributed by atoms with E-state index in [0.29, 0.717) is 23.6 Å². The Morgan fingerprint density at radius 1 is 1.00 bits per heavy atom. The zero-order valence-electron chi connectivity index (χ0n) is 18.1. The van der Waals surface area contributed by atoms with Crippen LogP contribution in [-0.2, 0) is 13.2 Å². The lowest BCUT2D eigenvalue weighted by Gasteiger charge is -2.13.